The van der Waals surface area contributed by atoms with E-state index in [9.17, 15) is 17.8 Å². The molecule has 0 bridgehead atoms. The van der Waals surface area contributed by atoms with E-state index in [0.717, 1.165) is 0 Å². The molecule has 0 aromatic carbocycles. The number of hydrogen-bond acceptors (Lipinski definition) is 5. The predicted octanol–water partition coefficient (Wildman–Crippen LogP) is -3.10. The second-order valence-electron chi connectivity index (χ2n) is 2.54. The zero-order chi connectivity index (χ0) is 10.5. The Labute approximate surface area is 126 Å². The summed E-state index contributed by atoms with van der Waals surface area (Å²) in [5.74, 6) is -2.37. The number of rotatable bonds is 5. The van der Waals surface area contributed by atoms with E-state index in [1.807, 2.05) is 0 Å². The zero-order valence-corrected chi connectivity index (χ0v) is 12.2. The minimum atomic E-state index is -4.37. The van der Waals surface area contributed by atoms with Crippen LogP contribution in [0.5, 0.6) is 0 Å². The van der Waals surface area contributed by atoms with Crippen molar-refractivity contribution in [3.63, 3.8) is 0 Å². The quantitative estimate of drug-likeness (QED) is 0.222. The van der Waals surface area contributed by atoms with Gasteiger partial charge in [-0.2, -0.15) is 0 Å². The average Bonchev–Trinajstić information content (AvgIpc) is 1.96. The first-order valence-corrected chi connectivity index (χ1v) is 5.15. The van der Waals surface area contributed by atoms with E-state index in [0.29, 0.717) is 0 Å². The molecule has 1 atom stereocenters. The maximum atomic E-state index is 10.9. The number of hydrogen-bond donors (Lipinski definition) is 0. The van der Waals surface area contributed by atoms with Crippen molar-refractivity contribution in [2.45, 2.75) is 6.92 Å². The van der Waals surface area contributed by atoms with Gasteiger partial charge in [-0.25, -0.2) is 8.42 Å². The Hall–Kier alpha value is 0.756. The topological polar surface area (TPSA) is 83.5 Å². The number of carbonyl (C=O) groups is 1. The molecule has 7 heteroatoms. The van der Waals surface area contributed by atoms with Crippen molar-refractivity contribution in [1.29, 1.82) is 0 Å². The summed E-state index contributed by atoms with van der Waals surface area (Å²) < 4.78 is 35.2. The minimum Gasteiger partial charge on any atom is -0.748 e. The van der Waals surface area contributed by atoms with Crippen LogP contribution in [-0.2, 0) is 19.6 Å². The summed E-state index contributed by atoms with van der Waals surface area (Å²) in [7, 11) is -4.37. The van der Waals surface area contributed by atoms with Crippen LogP contribution in [0.15, 0.2) is 12.7 Å². The number of carbonyl (C=O) groups excluding carboxylic acids is 1. The summed E-state index contributed by atoms with van der Waals surface area (Å²) in [6.45, 7) is 4.65. The molecule has 5 nitrogen and oxygen atoms in total. The van der Waals surface area contributed by atoms with Gasteiger partial charge in [0.25, 0.3) is 0 Å². The summed E-state index contributed by atoms with van der Waals surface area (Å²) >= 11 is 0. The third-order valence-electron chi connectivity index (χ3n) is 1.20. The Morgan fingerprint density at radius 3 is 2.50 bits per heavy atom. The molecule has 76 valence electrons. The summed E-state index contributed by atoms with van der Waals surface area (Å²) in [5, 5.41) is 0. The van der Waals surface area contributed by atoms with Crippen LogP contribution in [0.25, 0.3) is 0 Å². The fourth-order valence-corrected chi connectivity index (χ4v) is 1.41. The summed E-state index contributed by atoms with van der Waals surface area (Å²) in [5.41, 5.74) is 0. The second kappa shape index (κ2) is 7.97. The summed E-state index contributed by atoms with van der Waals surface area (Å²) in [6.07, 6.45) is 1.36. The molecular weight excluding hydrogens is 235 g/mol. The smallest absolute Gasteiger partial charge is 0.748 e. The van der Waals surface area contributed by atoms with E-state index in [-0.39, 0.29) is 58.0 Å². The van der Waals surface area contributed by atoms with Crippen LogP contribution in [0, 0.1) is 5.92 Å². The van der Waals surface area contributed by atoms with Gasteiger partial charge in [-0.3, -0.25) is 4.79 Å². The summed E-state index contributed by atoms with van der Waals surface area (Å²) in [6, 6.07) is 0. The molecule has 0 aliphatic rings. The normalized spacial score (nSPS) is 12.4. The van der Waals surface area contributed by atoms with E-state index in [4.69, 9.17) is 0 Å². The first-order chi connectivity index (χ1) is 5.87. The molecule has 0 aliphatic heterocycles. The van der Waals surface area contributed by atoms with Gasteiger partial charge in [0.05, 0.1) is 21.8 Å². The first kappa shape index (κ1) is 17.2. The van der Waals surface area contributed by atoms with Crippen LogP contribution in [0.4, 0.5) is 0 Å². The van der Waals surface area contributed by atoms with Gasteiger partial charge in [-0.05, 0) is 0 Å². The predicted molar refractivity (Wildman–Crippen MR) is 44.9 cm³/mol. The average molecular weight is 246 g/mol. The van der Waals surface area contributed by atoms with Crippen molar-refractivity contribution in [1.82, 2.24) is 0 Å². The molecule has 0 aromatic rings. The van der Waals surface area contributed by atoms with Gasteiger partial charge in [0.15, 0.2) is 0 Å². The van der Waals surface area contributed by atoms with Gasteiger partial charge in [0.2, 0.25) is 0 Å². The van der Waals surface area contributed by atoms with Crippen LogP contribution in [0.3, 0.4) is 0 Å². The van der Waals surface area contributed by atoms with Gasteiger partial charge in [-0.15, -0.1) is 0 Å². The van der Waals surface area contributed by atoms with E-state index in [2.05, 4.69) is 11.3 Å². The Morgan fingerprint density at radius 1 is 1.64 bits per heavy atom. The van der Waals surface area contributed by atoms with Gasteiger partial charge >= 0.3 is 57.4 Å². The van der Waals surface area contributed by atoms with Gasteiger partial charge < -0.3 is 9.29 Å². The minimum absolute atomic E-state index is 0. The third kappa shape index (κ3) is 9.32. The molecule has 0 aromatic heterocycles. The SMILES string of the molecule is C=CCOC(=O)C(C)CS(=O)(=O)[O-].[K+]. The molecule has 0 amide bonds. The monoisotopic (exact) mass is 246 g/mol. The van der Waals surface area contributed by atoms with Crippen molar-refractivity contribution in [3.05, 3.63) is 12.7 Å². The van der Waals surface area contributed by atoms with Crippen molar-refractivity contribution < 1.29 is 73.9 Å². The van der Waals surface area contributed by atoms with E-state index < -0.39 is 27.8 Å². The third-order valence-corrected chi connectivity index (χ3v) is 2.11. The molecule has 0 radical (unpaired) electrons. The maximum Gasteiger partial charge on any atom is 1.00 e. The van der Waals surface area contributed by atoms with Crippen LogP contribution < -0.4 is 51.4 Å². The molecule has 0 aliphatic carbocycles. The van der Waals surface area contributed by atoms with E-state index in [1.54, 1.807) is 0 Å². The van der Waals surface area contributed by atoms with Gasteiger partial charge in [0, 0.05) is 0 Å². The second-order valence-corrected chi connectivity index (χ2v) is 3.99. The molecule has 1 unspecified atom stereocenters. The van der Waals surface area contributed by atoms with Crippen LogP contribution in [-0.4, -0.2) is 31.3 Å². The van der Waals surface area contributed by atoms with Crippen LogP contribution in [0.1, 0.15) is 6.92 Å². The maximum absolute atomic E-state index is 10.9. The molecule has 0 N–H and O–H groups in total. The summed E-state index contributed by atoms with van der Waals surface area (Å²) in [4.78, 5) is 10.9. The Bertz CT molecular complexity index is 284. The largest absolute Gasteiger partial charge is 1.00 e. The van der Waals surface area contributed by atoms with Crippen molar-refractivity contribution in [2.75, 3.05) is 12.4 Å². The van der Waals surface area contributed by atoms with E-state index >= 15 is 0 Å². The Morgan fingerprint density at radius 2 is 2.14 bits per heavy atom. The van der Waals surface area contributed by atoms with Crippen molar-refractivity contribution >= 4 is 16.1 Å². The molecule has 0 rings (SSSR count). The first-order valence-electron chi connectivity index (χ1n) is 3.58. The Balaban J connectivity index is 0. The number of ether oxygens (including phenoxy) is 1. The van der Waals surface area contributed by atoms with Gasteiger partial charge in [0.1, 0.15) is 6.61 Å². The Kier molecular flexibility index (Phi) is 9.77. The van der Waals surface area contributed by atoms with Crippen LogP contribution >= 0.6 is 0 Å². The van der Waals surface area contributed by atoms with Crippen molar-refractivity contribution in [2.24, 2.45) is 5.92 Å². The van der Waals surface area contributed by atoms with E-state index in [1.165, 1.54) is 13.0 Å². The molecule has 0 saturated carbocycles. The molecule has 0 fully saturated rings. The number of esters is 1. The molecule has 0 heterocycles. The molecular formula is C7H11KO5S. The molecule has 0 spiro atoms. The molecule has 14 heavy (non-hydrogen) atoms. The van der Waals surface area contributed by atoms with Crippen molar-refractivity contribution in [3.8, 4) is 0 Å². The van der Waals surface area contributed by atoms with Gasteiger partial charge in [-0.1, -0.05) is 19.6 Å². The zero-order valence-electron chi connectivity index (χ0n) is 8.23. The molecule has 0 saturated heterocycles. The fourth-order valence-electron chi connectivity index (χ4n) is 0.658. The standard InChI is InChI=1S/C7H12O5S.K/c1-3-4-12-7(8)6(2)5-13(9,10)11;/h3,6H,1,4-5H2,2H3,(H,9,10,11);/q;+1/p-1. The fraction of sp³-hybridized carbons (Fsp3) is 0.571. The van der Waals surface area contributed by atoms with Crippen LogP contribution in [0.2, 0.25) is 0 Å².